The Morgan fingerprint density at radius 1 is 1.32 bits per heavy atom. The van der Waals surface area contributed by atoms with Crippen LogP contribution in [-0.2, 0) is 11.0 Å². The fourth-order valence-electron chi connectivity index (χ4n) is 2.98. The van der Waals surface area contributed by atoms with Gasteiger partial charge >= 0.3 is 6.18 Å². The van der Waals surface area contributed by atoms with Gasteiger partial charge in [0.05, 0.1) is 11.1 Å². The van der Waals surface area contributed by atoms with Crippen LogP contribution in [0.3, 0.4) is 0 Å². The van der Waals surface area contributed by atoms with E-state index in [-0.39, 0.29) is 24.8 Å². The van der Waals surface area contributed by atoms with Crippen molar-refractivity contribution in [1.82, 2.24) is 4.90 Å². The predicted molar refractivity (Wildman–Crippen MR) is 86.0 cm³/mol. The molecule has 0 saturated heterocycles. The van der Waals surface area contributed by atoms with Gasteiger partial charge in [-0.05, 0) is 37.1 Å². The molecule has 0 aliphatic heterocycles. The van der Waals surface area contributed by atoms with Crippen LogP contribution in [0.2, 0.25) is 0 Å². The second kappa shape index (κ2) is 7.61. The number of aliphatic hydroxyl groups is 1. The molecule has 0 radical (unpaired) electrons. The second-order valence-corrected chi connectivity index (χ2v) is 6.54. The number of hydrogen-bond acceptors (Lipinski definition) is 4. The fraction of sp³-hybridized carbons (Fsp3) is 0.588. The molecule has 1 aliphatic rings. The summed E-state index contributed by atoms with van der Waals surface area (Å²) in [7, 11) is 1.57. The Morgan fingerprint density at radius 2 is 1.88 bits per heavy atom. The van der Waals surface area contributed by atoms with Gasteiger partial charge in [-0.3, -0.25) is 4.79 Å². The van der Waals surface area contributed by atoms with Crippen LogP contribution in [0.15, 0.2) is 24.3 Å². The average molecular weight is 360 g/mol. The van der Waals surface area contributed by atoms with Crippen molar-refractivity contribution in [3.8, 4) is 5.75 Å². The number of aliphatic hydroxyl groups excluding tert-OH is 1. The van der Waals surface area contributed by atoms with Gasteiger partial charge < -0.3 is 20.5 Å². The molecule has 1 aliphatic carbocycles. The number of amides is 1. The van der Waals surface area contributed by atoms with Crippen molar-refractivity contribution in [2.24, 2.45) is 5.73 Å². The van der Waals surface area contributed by atoms with Gasteiger partial charge in [0.1, 0.15) is 18.5 Å². The smallest absolute Gasteiger partial charge is 0.416 e. The number of halogens is 3. The number of alkyl halides is 3. The highest BCUT2D eigenvalue weighted by Gasteiger charge is 2.39. The largest absolute Gasteiger partial charge is 0.491 e. The van der Waals surface area contributed by atoms with E-state index in [9.17, 15) is 23.1 Å². The third-order valence-electron chi connectivity index (χ3n) is 4.38. The molecule has 0 spiro atoms. The summed E-state index contributed by atoms with van der Waals surface area (Å²) in [4.78, 5) is 13.7. The first-order valence-corrected chi connectivity index (χ1v) is 8.14. The van der Waals surface area contributed by atoms with Crippen molar-refractivity contribution < 1.29 is 27.8 Å². The van der Waals surface area contributed by atoms with E-state index in [1.54, 1.807) is 7.05 Å². The van der Waals surface area contributed by atoms with Crippen molar-refractivity contribution in [1.29, 1.82) is 0 Å². The number of benzene rings is 1. The Morgan fingerprint density at radius 3 is 2.40 bits per heavy atom. The van der Waals surface area contributed by atoms with Gasteiger partial charge in [0.25, 0.3) is 0 Å². The van der Waals surface area contributed by atoms with Crippen molar-refractivity contribution >= 4 is 5.91 Å². The van der Waals surface area contributed by atoms with Gasteiger partial charge in [-0.2, -0.15) is 13.2 Å². The number of likely N-dealkylation sites (N-methyl/N-ethyl adjacent to an activating group) is 1. The molecule has 8 heteroatoms. The number of carbonyl (C=O) groups is 1. The summed E-state index contributed by atoms with van der Waals surface area (Å²) in [6.07, 6.45) is -2.28. The molecule has 1 aromatic rings. The fourth-order valence-corrected chi connectivity index (χ4v) is 2.98. The third-order valence-corrected chi connectivity index (χ3v) is 4.38. The minimum absolute atomic E-state index is 0.0401. The second-order valence-electron chi connectivity index (χ2n) is 6.54. The van der Waals surface area contributed by atoms with E-state index in [4.69, 9.17) is 10.5 Å². The van der Waals surface area contributed by atoms with Crippen LogP contribution >= 0.6 is 0 Å². The lowest BCUT2D eigenvalue weighted by Gasteiger charge is -2.30. The Bertz CT molecular complexity index is 584. The molecule has 140 valence electrons. The lowest BCUT2D eigenvalue weighted by molar-refractivity contribution is -0.138. The summed E-state index contributed by atoms with van der Waals surface area (Å²) < 4.78 is 42.7. The molecule has 1 amide bonds. The maximum absolute atomic E-state index is 12.5. The van der Waals surface area contributed by atoms with E-state index in [0.29, 0.717) is 12.8 Å². The zero-order valence-corrected chi connectivity index (χ0v) is 14.1. The summed E-state index contributed by atoms with van der Waals surface area (Å²) in [6, 6.07) is 4.21. The quantitative estimate of drug-likeness (QED) is 0.815. The van der Waals surface area contributed by atoms with Gasteiger partial charge in [-0.15, -0.1) is 0 Å². The van der Waals surface area contributed by atoms with E-state index in [1.807, 2.05) is 0 Å². The molecule has 0 aromatic heterocycles. The summed E-state index contributed by atoms with van der Waals surface area (Å²) >= 11 is 0. The van der Waals surface area contributed by atoms with Gasteiger partial charge in [0, 0.05) is 13.6 Å². The summed E-state index contributed by atoms with van der Waals surface area (Å²) in [6.45, 7) is -0.0982. The van der Waals surface area contributed by atoms with Crippen LogP contribution in [0.1, 0.15) is 31.2 Å². The molecule has 1 atom stereocenters. The van der Waals surface area contributed by atoms with E-state index < -0.39 is 23.4 Å². The zero-order valence-electron chi connectivity index (χ0n) is 14.1. The molecule has 1 aromatic carbocycles. The van der Waals surface area contributed by atoms with Crippen LogP contribution in [0.4, 0.5) is 13.2 Å². The van der Waals surface area contributed by atoms with E-state index in [2.05, 4.69) is 0 Å². The summed E-state index contributed by atoms with van der Waals surface area (Å²) in [5.41, 5.74) is 4.47. The first-order valence-electron chi connectivity index (χ1n) is 8.14. The van der Waals surface area contributed by atoms with Crippen molar-refractivity contribution in [3.63, 3.8) is 0 Å². The Labute approximate surface area is 144 Å². The predicted octanol–water partition coefficient (Wildman–Crippen LogP) is 2.17. The van der Waals surface area contributed by atoms with Crippen LogP contribution < -0.4 is 10.5 Å². The van der Waals surface area contributed by atoms with Gasteiger partial charge in [-0.25, -0.2) is 0 Å². The van der Waals surface area contributed by atoms with Crippen LogP contribution in [-0.4, -0.2) is 47.8 Å². The maximum Gasteiger partial charge on any atom is 0.416 e. The highest BCUT2D eigenvalue weighted by atomic mass is 19.4. The number of hydrogen-bond donors (Lipinski definition) is 2. The summed E-state index contributed by atoms with van der Waals surface area (Å²) in [5, 5.41) is 10.0. The minimum Gasteiger partial charge on any atom is -0.491 e. The van der Waals surface area contributed by atoms with E-state index in [0.717, 1.165) is 25.0 Å². The van der Waals surface area contributed by atoms with Gasteiger partial charge in [0.15, 0.2) is 0 Å². The average Bonchev–Trinajstić information content (AvgIpc) is 2.99. The molecular weight excluding hydrogens is 337 g/mol. The number of ether oxygens (including phenoxy) is 1. The molecule has 25 heavy (non-hydrogen) atoms. The molecule has 1 saturated carbocycles. The third kappa shape index (κ3) is 5.09. The van der Waals surface area contributed by atoms with Crippen LogP contribution in [0, 0.1) is 0 Å². The van der Waals surface area contributed by atoms with Crippen LogP contribution in [0.5, 0.6) is 5.75 Å². The van der Waals surface area contributed by atoms with Crippen molar-refractivity contribution in [2.75, 3.05) is 20.2 Å². The maximum atomic E-state index is 12.5. The van der Waals surface area contributed by atoms with Gasteiger partial charge in [0.2, 0.25) is 5.91 Å². The highest BCUT2D eigenvalue weighted by molar-refractivity contribution is 5.86. The summed E-state index contributed by atoms with van der Waals surface area (Å²) in [5.74, 6) is 0.00528. The van der Waals surface area contributed by atoms with Crippen molar-refractivity contribution in [2.45, 2.75) is 43.5 Å². The van der Waals surface area contributed by atoms with E-state index >= 15 is 0 Å². The normalized spacial score (nSPS) is 18.0. The topological polar surface area (TPSA) is 75.8 Å². The molecule has 5 nitrogen and oxygen atoms in total. The number of carbonyl (C=O) groups excluding carboxylic acids is 1. The molecule has 2 rings (SSSR count). The van der Waals surface area contributed by atoms with Crippen molar-refractivity contribution in [3.05, 3.63) is 29.8 Å². The monoisotopic (exact) mass is 360 g/mol. The number of rotatable bonds is 6. The molecule has 0 bridgehead atoms. The van der Waals surface area contributed by atoms with E-state index in [1.165, 1.54) is 17.0 Å². The Hall–Kier alpha value is -1.80. The standard InChI is InChI=1S/C17H23F3N2O3/c1-22(15(24)16(21)8-2-3-9-16)10-13(23)11-25-14-6-4-12(5-7-14)17(18,19)20/h4-7,13,23H,2-3,8-11,21H2,1H3. The molecule has 1 unspecified atom stereocenters. The zero-order chi connectivity index (χ0) is 18.7. The lowest BCUT2D eigenvalue weighted by atomic mass is 9.97. The molecule has 1 fully saturated rings. The highest BCUT2D eigenvalue weighted by Crippen LogP contribution is 2.30. The first-order chi connectivity index (χ1) is 11.6. The molecule has 0 heterocycles. The number of nitrogens with zero attached hydrogens (tertiary/aromatic N) is 1. The molecular formula is C17H23F3N2O3. The molecule has 3 N–H and O–H groups in total. The number of nitrogens with two attached hydrogens (primary N) is 1. The van der Waals surface area contributed by atoms with Crippen LogP contribution in [0.25, 0.3) is 0 Å². The lowest BCUT2D eigenvalue weighted by Crippen LogP contribution is -2.54. The minimum atomic E-state index is -4.40. The Kier molecular flexibility index (Phi) is 5.95. The Balaban J connectivity index is 1.82. The van der Waals surface area contributed by atoms with Gasteiger partial charge in [-0.1, -0.05) is 12.8 Å². The SMILES string of the molecule is CN(CC(O)COc1ccc(C(F)(F)F)cc1)C(=O)C1(N)CCCC1. The first kappa shape index (κ1) is 19.5.